The molecule has 0 saturated heterocycles. The van der Waals surface area contributed by atoms with E-state index in [0.29, 0.717) is 41.0 Å². The van der Waals surface area contributed by atoms with E-state index in [1.54, 1.807) is 30.3 Å². The van der Waals surface area contributed by atoms with Crippen LogP contribution in [0.3, 0.4) is 0 Å². The molecular weight excluding hydrogens is 348 g/mol. The van der Waals surface area contributed by atoms with Crippen molar-refractivity contribution < 1.29 is 19.2 Å². The Balaban J connectivity index is 1.69. The number of hydrogen-bond acceptors (Lipinski definition) is 5. The molecule has 8 heteroatoms. The van der Waals surface area contributed by atoms with Gasteiger partial charge in [0.05, 0.1) is 15.6 Å². The van der Waals surface area contributed by atoms with Crippen LogP contribution in [0.2, 0.25) is 5.02 Å². The first-order valence-corrected chi connectivity index (χ1v) is 7.73. The number of anilines is 1. The largest absolute Gasteiger partial charge is 0.486 e. The quantitative estimate of drug-likeness (QED) is 0.510. The molecular formula is C17H13ClN2O5. The fraction of sp³-hybridized carbons (Fsp3) is 0.118. The van der Waals surface area contributed by atoms with Crippen molar-refractivity contribution in [2.45, 2.75) is 0 Å². The van der Waals surface area contributed by atoms with Gasteiger partial charge in [0.15, 0.2) is 11.5 Å². The van der Waals surface area contributed by atoms with Crippen LogP contribution < -0.4 is 14.8 Å². The fourth-order valence-corrected chi connectivity index (χ4v) is 2.41. The molecule has 1 amide bonds. The van der Waals surface area contributed by atoms with Crippen molar-refractivity contribution in [3.05, 3.63) is 63.2 Å². The normalized spacial score (nSPS) is 12.8. The van der Waals surface area contributed by atoms with Crippen molar-refractivity contribution in [3.63, 3.8) is 0 Å². The van der Waals surface area contributed by atoms with Crippen LogP contribution in [0.5, 0.6) is 11.5 Å². The lowest BCUT2D eigenvalue weighted by Gasteiger charge is -2.19. The number of halogens is 1. The van der Waals surface area contributed by atoms with Gasteiger partial charge in [-0.3, -0.25) is 14.9 Å². The van der Waals surface area contributed by atoms with Crippen LogP contribution in [-0.2, 0) is 4.79 Å². The molecule has 0 fully saturated rings. The van der Waals surface area contributed by atoms with E-state index in [2.05, 4.69) is 5.32 Å². The van der Waals surface area contributed by atoms with Crippen molar-refractivity contribution in [2.75, 3.05) is 18.5 Å². The maximum Gasteiger partial charge on any atom is 0.269 e. The van der Waals surface area contributed by atoms with E-state index < -0.39 is 10.8 Å². The molecule has 1 aliphatic rings. The van der Waals surface area contributed by atoms with Crippen LogP contribution in [0.25, 0.3) is 6.08 Å². The number of carbonyl (C=O) groups excluding carboxylic acids is 1. The molecule has 0 spiro atoms. The highest BCUT2D eigenvalue weighted by Gasteiger charge is 2.15. The summed E-state index contributed by atoms with van der Waals surface area (Å²) in [4.78, 5) is 22.2. The highest BCUT2D eigenvalue weighted by atomic mass is 35.5. The molecule has 1 heterocycles. The second-order valence-corrected chi connectivity index (χ2v) is 5.55. The molecule has 0 aliphatic carbocycles. The summed E-state index contributed by atoms with van der Waals surface area (Å²) >= 11 is 6.13. The summed E-state index contributed by atoms with van der Waals surface area (Å²) in [5.41, 5.74) is 1.06. The topological polar surface area (TPSA) is 90.7 Å². The average molecular weight is 361 g/mol. The fourth-order valence-electron chi connectivity index (χ4n) is 2.21. The summed E-state index contributed by atoms with van der Waals surface area (Å²) < 4.78 is 10.9. The number of nitrogens with one attached hydrogen (secondary N) is 1. The number of rotatable bonds is 4. The zero-order valence-electron chi connectivity index (χ0n) is 12.9. The monoisotopic (exact) mass is 360 g/mol. The predicted octanol–water partition coefficient (Wildman–Crippen LogP) is 3.67. The second kappa shape index (κ2) is 7.23. The van der Waals surface area contributed by atoms with Crippen LogP contribution in [0, 0.1) is 10.1 Å². The van der Waals surface area contributed by atoms with Gasteiger partial charge in [-0.05, 0) is 23.8 Å². The Morgan fingerprint density at radius 2 is 1.80 bits per heavy atom. The number of benzene rings is 2. The Morgan fingerprint density at radius 3 is 2.44 bits per heavy atom. The molecule has 25 heavy (non-hydrogen) atoms. The van der Waals surface area contributed by atoms with E-state index in [1.165, 1.54) is 18.2 Å². The molecule has 0 atom stereocenters. The molecule has 0 unspecified atom stereocenters. The third-order valence-corrected chi connectivity index (χ3v) is 3.73. The summed E-state index contributed by atoms with van der Waals surface area (Å²) in [6.07, 6.45) is 2.86. The number of non-ortho nitro benzene ring substituents is 1. The molecule has 128 valence electrons. The number of carbonyl (C=O) groups is 1. The van der Waals surface area contributed by atoms with Gasteiger partial charge in [0.2, 0.25) is 5.91 Å². The van der Waals surface area contributed by atoms with E-state index in [-0.39, 0.29) is 5.69 Å². The van der Waals surface area contributed by atoms with Crippen LogP contribution in [0.4, 0.5) is 11.4 Å². The number of nitro groups is 1. The Hall–Kier alpha value is -3.06. The van der Waals surface area contributed by atoms with Gasteiger partial charge in [-0.15, -0.1) is 0 Å². The van der Waals surface area contributed by atoms with E-state index >= 15 is 0 Å². The second-order valence-electron chi connectivity index (χ2n) is 5.15. The van der Waals surface area contributed by atoms with Crippen molar-refractivity contribution in [3.8, 4) is 11.5 Å². The highest BCUT2D eigenvalue weighted by Crippen LogP contribution is 2.37. The van der Waals surface area contributed by atoms with Gasteiger partial charge >= 0.3 is 0 Å². The minimum Gasteiger partial charge on any atom is -0.486 e. The summed E-state index contributed by atoms with van der Waals surface area (Å²) in [7, 11) is 0. The van der Waals surface area contributed by atoms with Crippen LogP contribution in [-0.4, -0.2) is 24.0 Å². The third kappa shape index (κ3) is 4.07. The van der Waals surface area contributed by atoms with E-state index in [0.717, 1.165) is 0 Å². The maximum atomic E-state index is 12.0. The number of amides is 1. The number of nitro benzene ring substituents is 1. The van der Waals surface area contributed by atoms with Crippen LogP contribution >= 0.6 is 11.6 Å². The molecule has 1 aliphatic heterocycles. The average Bonchev–Trinajstić information content (AvgIpc) is 2.61. The molecule has 0 bridgehead atoms. The molecule has 2 aromatic carbocycles. The summed E-state index contributed by atoms with van der Waals surface area (Å²) in [6.45, 7) is 0.884. The number of hydrogen-bond donors (Lipinski definition) is 1. The van der Waals surface area contributed by atoms with Crippen molar-refractivity contribution in [2.24, 2.45) is 0 Å². The van der Waals surface area contributed by atoms with E-state index in [9.17, 15) is 14.9 Å². The number of nitrogens with zero attached hydrogens (tertiary/aromatic N) is 1. The molecule has 0 aromatic heterocycles. The lowest BCUT2D eigenvalue weighted by Crippen LogP contribution is -2.16. The Labute approximate surface area is 148 Å². The van der Waals surface area contributed by atoms with Gasteiger partial charge in [0.1, 0.15) is 13.2 Å². The van der Waals surface area contributed by atoms with Crippen molar-refractivity contribution in [1.82, 2.24) is 0 Å². The lowest BCUT2D eigenvalue weighted by molar-refractivity contribution is -0.384. The third-order valence-electron chi connectivity index (χ3n) is 3.42. The Kier molecular flexibility index (Phi) is 4.85. The summed E-state index contributed by atoms with van der Waals surface area (Å²) in [6, 6.07) is 9.04. The standard InChI is InChI=1S/C17H13ClN2O5/c18-13-9-15-16(25-8-7-24-15)10-14(13)19-17(21)6-3-11-1-4-12(5-2-11)20(22)23/h1-6,9-10H,7-8H2,(H,19,21)/b6-3+. The maximum absolute atomic E-state index is 12.0. The molecule has 3 rings (SSSR count). The van der Waals surface area contributed by atoms with Crippen molar-refractivity contribution >= 4 is 35.0 Å². The molecule has 1 N–H and O–H groups in total. The molecule has 0 radical (unpaired) electrons. The first-order valence-electron chi connectivity index (χ1n) is 7.35. The lowest BCUT2D eigenvalue weighted by atomic mass is 10.2. The van der Waals surface area contributed by atoms with Gasteiger partial charge in [-0.1, -0.05) is 11.6 Å². The van der Waals surface area contributed by atoms with Crippen LogP contribution in [0.15, 0.2) is 42.5 Å². The van der Waals surface area contributed by atoms with E-state index in [1.807, 2.05) is 0 Å². The van der Waals surface area contributed by atoms with Crippen molar-refractivity contribution in [1.29, 1.82) is 0 Å². The highest BCUT2D eigenvalue weighted by molar-refractivity contribution is 6.34. The van der Waals surface area contributed by atoms with Crippen LogP contribution in [0.1, 0.15) is 5.56 Å². The molecule has 7 nitrogen and oxygen atoms in total. The first kappa shape index (κ1) is 16.8. The zero-order valence-corrected chi connectivity index (χ0v) is 13.7. The van der Waals surface area contributed by atoms with Gasteiger partial charge in [-0.2, -0.15) is 0 Å². The zero-order chi connectivity index (χ0) is 17.8. The smallest absolute Gasteiger partial charge is 0.269 e. The first-order chi connectivity index (χ1) is 12.0. The van der Waals surface area contributed by atoms with E-state index in [4.69, 9.17) is 21.1 Å². The molecule has 0 saturated carbocycles. The van der Waals surface area contributed by atoms with Gasteiger partial charge in [-0.25, -0.2) is 0 Å². The predicted molar refractivity (Wildman–Crippen MR) is 93.2 cm³/mol. The minimum absolute atomic E-state index is 0.00957. The summed E-state index contributed by atoms with van der Waals surface area (Å²) in [5, 5.41) is 13.6. The van der Waals surface area contributed by atoms with Gasteiger partial charge in [0, 0.05) is 30.3 Å². The summed E-state index contributed by atoms with van der Waals surface area (Å²) in [5.74, 6) is 0.665. The van der Waals surface area contributed by atoms with Gasteiger partial charge < -0.3 is 14.8 Å². The number of ether oxygens (including phenoxy) is 2. The SMILES string of the molecule is O=C(/C=C/c1ccc([N+](=O)[O-])cc1)Nc1cc2c(cc1Cl)OCCO2. The van der Waals surface area contributed by atoms with Gasteiger partial charge in [0.25, 0.3) is 5.69 Å². The Bertz CT molecular complexity index is 849. The number of fused-ring (bicyclic) bond motifs is 1. The Morgan fingerprint density at radius 1 is 1.16 bits per heavy atom. The minimum atomic E-state index is -0.482. The molecule has 2 aromatic rings.